The maximum atomic E-state index is 13.4. The van der Waals surface area contributed by atoms with Crippen molar-refractivity contribution >= 4 is 32.7 Å². The summed E-state index contributed by atoms with van der Waals surface area (Å²) in [4.78, 5) is 24.9. The van der Waals surface area contributed by atoms with E-state index in [1.54, 1.807) is 48.5 Å². The molecular formula is C24H20N2O6S. The molecule has 0 saturated carbocycles. The molecule has 1 aromatic heterocycles. The normalized spacial score (nSPS) is 19.1. The van der Waals surface area contributed by atoms with E-state index >= 15 is 0 Å². The summed E-state index contributed by atoms with van der Waals surface area (Å²) in [7, 11) is -2.31. The number of aliphatic carboxylic acids is 1. The van der Waals surface area contributed by atoms with Crippen LogP contribution in [0.15, 0.2) is 82.1 Å². The van der Waals surface area contributed by atoms with Gasteiger partial charge in [0.25, 0.3) is 15.6 Å². The standard InChI is InChI=1S/C24H20N2O6S/c1-14-11-19(17-12-15-7-3-5-9-18(15)26(24(17)29)13-21(27)28)32-23-16-8-4-6-10-20(16)33(30,31)25(2)22(14)23/h3-10,12,19H,1,11,13H2,2H3,(H,27,28). The molecule has 0 radical (unpaired) electrons. The lowest BCUT2D eigenvalue weighted by Gasteiger charge is -2.38. The van der Waals surface area contributed by atoms with E-state index in [4.69, 9.17) is 4.74 Å². The van der Waals surface area contributed by atoms with Gasteiger partial charge in [-0.1, -0.05) is 36.9 Å². The van der Waals surface area contributed by atoms with Gasteiger partial charge in [-0.05, 0) is 35.2 Å². The van der Waals surface area contributed by atoms with E-state index < -0.39 is 34.2 Å². The number of carbonyl (C=O) groups is 1. The zero-order valence-corrected chi connectivity index (χ0v) is 18.5. The quantitative estimate of drug-likeness (QED) is 0.639. The van der Waals surface area contributed by atoms with Crippen LogP contribution in [0, 0.1) is 0 Å². The van der Waals surface area contributed by atoms with Crippen molar-refractivity contribution in [2.24, 2.45) is 0 Å². The van der Waals surface area contributed by atoms with Gasteiger partial charge in [-0.15, -0.1) is 0 Å². The Balaban J connectivity index is 1.69. The molecule has 2 aliphatic rings. The van der Waals surface area contributed by atoms with Crippen molar-refractivity contribution in [2.45, 2.75) is 24.0 Å². The van der Waals surface area contributed by atoms with Crippen molar-refractivity contribution in [1.29, 1.82) is 0 Å². The minimum atomic E-state index is -3.76. The van der Waals surface area contributed by atoms with E-state index in [0.717, 1.165) is 4.31 Å². The van der Waals surface area contributed by atoms with Crippen molar-refractivity contribution in [3.63, 3.8) is 0 Å². The number of para-hydroxylation sites is 1. The molecule has 9 heteroatoms. The molecule has 168 valence electrons. The Kier molecular flexibility index (Phi) is 4.68. The molecule has 33 heavy (non-hydrogen) atoms. The fourth-order valence-electron chi connectivity index (χ4n) is 4.47. The monoisotopic (exact) mass is 464 g/mol. The highest BCUT2D eigenvalue weighted by Gasteiger charge is 2.41. The third-order valence-electron chi connectivity index (χ3n) is 6.00. The molecule has 1 unspecified atom stereocenters. The number of ether oxygens (including phenoxy) is 1. The molecule has 5 rings (SSSR count). The van der Waals surface area contributed by atoms with Gasteiger partial charge in [-0.3, -0.25) is 18.5 Å². The van der Waals surface area contributed by atoms with Crippen LogP contribution in [-0.4, -0.2) is 35.4 Å². The number of fused-ring (bicyclic) bond motifs is 3. The van der Waals surface area contributed by atoms with Crippen molar-refractivity contribution in [2.75, 3.05) is 7.05 Å². The molecule has 0 saturated heterocycles. The number of benzene rings is 2. The minimum Gasteiger partial charge on any atom is -0.482 e. The number of aromatic nitrogens is 1. The molecule has 0 spiro atoms. The lowest BCUT2D eigenvalue weighted by molar-refractivity contribution is -0.137. The van der Waals surface area contributed by atoms with Crippen LogP contribution < -0.4 is 5.56 Å². The van der Waals surface area contributed by atoms with Crippen molar-refractivity contribution in [1.82, 2.24) is 8.87 Å². The number of sulfonamides is 1. The second-order valence-corrected chi connectivity index (χ2v) is 9.94. The molecule has 1 atom stereocenters. The fraction of sp³-hybridized carbons (Fsp3) is 0.167. The first kappa shape index (κ1) is 21.0. The zero-order valence-electron chi connectivity index (χ0n) is 17.7. The van der Waals surface area contributed by atoms with E-state index in [1.807, 2.05) is 0 Å². The Labute approximate surface area is 189 Å². The lowest BCUT2D eigenvalue weighted by atomic mass is 9.94. The highest BCUT2D eigenvalue weighted by atomic mass is 32.2. The van der Waals surface area contributed by atoms with Gasteiger partial charge in [0.15, 0.2) is 5.76 Å². The van der Waals surface area contributed by atoms with Crippen LogP contribution in [0.3, 0.4) is 0 Å². The van der Waals surface area contributed by atoms with Gasteiger partial charge >= 0.3 is 5.97 Å². The van der Waals surface area contributed by atoms with Crippen LogP contribution in [0.5, 0.6) is 0 Å². The molecule has 0 amide bonds. The number of carboxylic acids is 1. The molecule has 0 fully saturated rings. The Hall–Kier alpha value is -3.85. The average molecular weight is 464 g/mol. The first-order valence-electron chi connectivity index (χ1n) is 10.2. The first-order valence-corrected chi connectivity index (χ1v) is 11.7. The molecule has 1 N–H and O–H groups in total. The number of rotatable bonds is 3. The molecule has 0 aliphatic carbocycles. The van der Waals surface area contributed by atoms with Gasteiger partial charge in [0.05, 0.1) is 21.7 Å². The molecule has 0 bridgehead atoms. The molecule has 2 aromatic carbocycles. The zero-order chi connectivity index (χ0) is 23.5. The Morgan fingerprint density at radius 3 is 2.64 bits per heavy atom. The molecule has 2 aliphatic heterocycles. The summed E-state index contributed by atoms with van der Waals surface area (Å²) in [5, 5.41) is 10.1. The maximum Gasteiger partial charge on any atom is 0.323 e. The van der Waals surface area contributed by atoms with E-state index in [1.165, 1.54) is 17.7 Å². The molecule has 3 heterocycles. The smallest absolute Gasteiger partial charge is 0.323 e. The maximum absolute atomic E-state index is 13.4. The van der Waals surface area contributed by atoms with Gasteiger partial charge in [0.2, 0.25) is 0 Å². The number of carboxylic acid groups (broad SMARTS) is 1. The van der Waals surface area contributed by atoms with Gasteiger partial charge in [0, 0.05) is 19.0 Å². The number of hydrogen-bond donors (Lipinski definition) is 1. The summed E-state index contributed by atoms with van der Waals surface area (Å²) in [6, 6.07) is 15.3. The van der Waals surface area contributed by atoms with E-state index in [9.17, 15) is 23.1 Å². The van der Waals surface area contributed by atoms with Gasteiger partial charge < -0.3 is 9.84 Å². The number of pyridine rings is 1. The topological polar surface area (TPSA) is 106 Å². The van der Waals surface area contributed by atoms with Crippen LogP contribution in [0.4, 0.5) is 0 Å². The second-order valence-electron chi connectivity index (χ2n) is 8.00. The summed E-state index contributed by atoms with van der Waals surface area (Å²) in [6.45, 7) is 3.59. The van der Waals surface area contributed by atoms with Crippen LogP contribution in [0.1, 0.15) is 23.7 Å². The molecule has 3 aromatic rings. The SMILES string of the molecule is C=C1CC(c2cc3ccccc3n(CC(=O)O)c2=O)OC2=C1N(C)S(=O)(=O)c1ccccc12. The van der Waals surface area contributed by atoms with E-state index in [2.05, 4.69) is 6.58 Å². The van der Waals surface area contributed by atoms with Gasteiger partial charge in [-0.2, -0.15) is 0 Å². The average Bonchev–Trinajstić information content (AvgIpc) is 2.79. The summed E-state index contributed by atoms with van der Waals surface area (Å²) < 4.78 is 34.6. The predicted octanol–water partition coefficient (Wildman–Crippen LogP) is 3.11. The van der Waals surface area contributed by atoms with Crippen molar-refractivity contribution in [3.8, 4) is 0 Å². The molecular weight excluding hydrogens is 444 g/mol. The number of nitrogens with zero attached hydrogens (tertiary/aromatic N) is 2. The van der Waals surface area contributed by atoms with Gasteiger partial charge in [-0.25, -0.2) is 8.42 Å². The fourth-order valence-corrected chi connectivity index (χ4v) is 5.91. The van der Waals surface area contributed by atoms with E-state index in [-0.39, 0.29) is 16.9 Å². The lowest BCUT2D eigenvalue weighted by Crippen LogP contribution is -2.36. The number of allylic oxidation sites excluding steroid dienone is 1. The second kappa shape index (κ2) is 7.35. The third kappa shape index (κ3) is 3.15. The first-order chi connectivity index (χ1) is 15.7. The molecule has 8 nitrogen and oxygen atoms in total. The number of likely N-dealkylation sites (N-methyl/N-ethyl adjacent to an activating group) is 1. The Morgan fingerprint density at radius 1 is 1.18 bits per heavy atom. The van der Waals surface area contributed by atoms with Crippen LogP contribution >= 0.6 is 0 Å². The largest absolute Gasteiger partial charge is 0.482 e. The highest BCUT2D eigenvalue weighted by Crippen LogP contribution is 2.46. The van der Waals surface area contributed by atoms with Crippen LogP contribution in [0.2, 0.25) is 0 Å². The summed E-state index contributed by atoms with van der Waals surface area (Å²) in [5.74, 6) is -0.798. The van der Waals surface area contributed by atoms with Gasteiger partial charge in [0.1, 0.15) is 12.6 Å². The van der Waals surface area contributed by atoms with Crippen LogP contribution in [-0.2, 0) is 26.1 Å². The van der Waals surface area contributed by atoms with Crippen molar-refractivity contribution in [3.05, 3.63) is 93.9 Å². The summed E-state index contributed by atoms with van der Waals surface area (Å²) >= 11 is 0. The Morgan fingerprint density at radius 2 is 1.88 bits per heavy atom. The van der Waals surface area contributed by atoms with Crippen LogP contribution in [0.25, 0.3) is 16.7 Å². The Bertz CT molecular complexity index is 1550. The van der Waals surface area contributed by atoms with Crippen molar-refractivity contribution < 1.29 is 23.1 Å². The summed E-state index contributed by atoms with van der Waals surface area (Å²) in [6.07, 6.45) is -0.572. The highest BCUT2D eigenvalue weighted by molar-refractivity contribution is 7.89. The third-order valence-corrected chi connectivity index (χ3v) is 7.81. The minimum absolute atomic E-state index is 0.112. The number of hydrogen-bond acceptors (Lipinski definition) is 5. The van der Waals surface area contributed by atoms with E-state index in [0.29, 0.717) is 33.5 Å². The summed E-state index contributed by atoms with van der Waals surface area (Å²) in [5.41, 5.74) is 1.61. The predicted molar refractivity (Wildman–Crippen MR) is 122 cm³/mol.